The molecule has 2 unspecified atom stereocenters. The summed E-state index contributed by atoms with van der Waals surface area (Å²) < 4.78 is 13.4. The summed E-state index contributed by atoms with van der Waals surface area (Å²) in [5.74, 6) is -0.0946. The van der Waals surface area contributed by atoms with Crippen LogP contribution in [0.5, 0.6) is 0 Å². The summed E-state index contributed by atoms with van der Waals surface area (Å²) in [6.07, 6.45) is 2.95. The predicted molar refractivity (Wildman–Crippen MR) is 72.6 cm³/mol. The SMILES string of the molecule is NCC1CCCC1C(=O)Nc1ccc(F)c(Br)c1. The summed E-state index contributed by atoms with van der Waals surface area (Å²) in [7, 11) is 0. The highest BCUT2D eigenvalue weighted by molar-refractivity contribution is 9.10. The Kier molecular flexibility index (Phi) is 4.35. The molecule has 0 heterocycles. The van der Waals surface area contributed by atoms with Crippen LogP contribution in [0.3, 0.4) is 0 Å². The summed E-state index contributed by atoms with van der Waals surface area (Å²) >= 11 is 3.10. The molecule has 0 saturated heterocycles. The molecule has 1 aliphatic carbocycles. The Morgan fingerprint density at radius 1 is 1.50 bits per heavy atom. The molecule has 0 spiro atoms. The van der Waals surface area contributed by atoms with Crippen molar-refractivity contribution in [1.29, 1.82) is 0 Å². The highest BCUT2D eigenvalue weighted by Crippen LogP contribution is 2.32. The van der Waals surface area contributed by atoms with Crippen LogP contribution in [0.2, 0.25) is 0 Å². The fourth-order valence-electron chi connectivity index (χ4n) is 2.47. The van der Waals surface area contributed by atoms with Crippen LogP contribution in [-0.4, -0.2) is 12.5 Å². The molecule has 1 aromatic carbocycles. The average Bonchev–Trinajstić information content (AvgIpc) is 2.82. The van der Waals surface area contributed by atoms with Gasteiger partial charge < -0.3 is 11.1 Å². The fourth-order valence-corrected chi connectivity index (χ4v) is 2.85. The number of benzene rings is 1. The Hall–Kier alpha value is -0.940. The van der Waals surface area contributed by atoms with Gasteiger partial charge in [-0.1, -0.05) is 6.42 Å². The van der Waals surface area contributed by atoms with Crippen molar-refractivity contribution in [2.24, 2.45) is 17.6 Å². The van der Waals surface area contributed by atoms with Gasteiger partial charge in [0.25, 0.3) is 0 Å². The third-order valence-electron chi connectivity index (χ3n) is 3.49. The van der Waals surface area contributed by atoms with Crippen molar-refractivity contribution in [3.05, 3.63) is 28.5 Å². The normalized spacial score (nSPS) is 23.1. The van der Waals surface area contributed by atoms with Crippen molar-refractivity contribution < 1.29 is 9.18 Å². The minimum atomic E-state index is -0.339. The van der Waals surface area contributed by atoms with Crippen LogP contribution in [0.1, 0.15) is 19.3 Å². The summed E-state index contributed by atoms with van der Waals surface area (Å²) in [6, 6.07) is 4.46. The van der Waals surface area contributed by atoms with Gasteiger partial charge in [-0.25, -0.2) is 4.39 Å². The Balaban J connectivity index is 2.04. The van der Waals surface area contributed by atoms with E-state index in [4.69, 9.17) is 5.73 Å². The van der Waals surface area contributed by atoms with E-state index in [9.17, 15) is 9.18 Å². The molecule has 5 heteroatoms. The first-order chi connectivity index (χ1) is 8.61. The van der Waals surface area contributed by atoms with Crippen molar-refractivity contribution in [3.63, 3.8) is 0 Å². The van der Waals surface area contributed by atoms with E-state index >= 15 is 0 Å². The Morgan fingerprint density at radius 2 is 2.28 bits per heavy atom. The Morgan fingerprint density at radius 3 is 2.94 bits per heavy atom. The number of halogens is 2. The van der Waals surface area contributed by atoms with Crippen LogP contribution in [0, 0.1) is 17.7 Å². The number of rotatable bonds is 3. The first-order valence-corrected chi connectivity index (χ1v) is 6.87. The van der Waals surface area contributed by atoms with Crippen molar-refractivity contribution in [3.8, 4) is 0 Å². The molecule has 1 fully saturated rings. The number of hydrogen-bond acceptors (Lipinski definition) is 2. The molecule has 2 rings (SSSR count). The standard InChI is InChI=1S/C13H16BrFN2O/c14-11-6-9(4-5-12(11)15)17-13(18)10-3-1-2-8(10)7-16/h4-6,8,10H,1-3,7,16H2,(H,17,18). The van der Waals surface area contributed by atoms with E-state index in [1.54, 1.807) is 12.1 Å². The summed E-state index contributed by atoms with van der Waals surface area (Å²) in [5.41, 5.74) is 6.27. The molecule has 3 N–H and O–H groups in total. The van der Waals surface area contributed by atoms with Crippen molar-refractivity contribution in [1.82, 2.24) is 0 Å². The zero-order valence-electron chi connectivity index (χ0n) is 9.96. The van der Waals surface area contributed by atoms with E-state index in [0.717, 1.165) is 19.3 Å². The maximum absolute atomic E-state index is 13.1. The van der Waals surface area contributed by atoms with Gasteiger partial charge in [0.1, 0.15) is 5.82 Å². The van der Waals surface area contributed by atoms with E-state index in [0.29, 0.717) is 16.7 Å². The van der Waals surface area contributed by atoms with Crippen LogP contribution < -0.4 is 11.1 Å². The molecule has 3 nitrogen and oxygen atoms in total. The lowest BCUT2D eigenvalue weighted by atomic mass is 9.95. The third-order valence-corrected chi connectivity index (χ3v) is 4.09. The van der Waals surface area contributed by atoms with Gasteiger partial charge in [-0.3, -0.25) is 4.79 Å². The smallest absolute Gasteiger partial charge is 0.227 e. The minimum Gasteiger partial charge on any atom is -0.330 e. The third kappa shape index (κ3) is 2.90. The quantitative estimate of drug-likeness (QED) is 0.901. The van der Waals surface area contributed by atoms with Crippen LogP contribution in [0.4, 0.5) is 10.1 Å². The van der Waals surface area contributed by atoms with Crippen LogP contribution in [-0.2, 0) is 4.79 Å². The molecule has 98 valence electrons. The van der Waals surface area contributed by atoms with Crippen molar-refractivity contribution in [2.75, 3.05) is 11.9 Å². The monoisotopic (exact) mass is 314 g/mol. The first-order valence-electron chi connectivity index (χ1n) is 6.08. The molecule has 18 heavy (non-hydrogen) atoms. The predicted octanol–water partition coefficient (Wildman–Crippen LogP) is 2.90. The Bertz CT molecular complexity index is 453. The molecular weight excluding hydrogens is 299 g/mol. The summed E-state index contributed by atoms with van der Waals surface area (Å²) in [6.45, 7) is 0.547. The lowest BCUT2D eigenvalue weighted by molar-refractivity contribution is -0.120. The lowest BCUT2D eigenvalue weighted by Gasteiger charge is -2.17. The second kappa shape index (κ2) is 5.80. The number of hydrogen-bond donors (Lipinski definition) is 2. The van der Waals surface area contributed by atoms with Gasteiger partial charge in [-0.2, -0.15) is 0 Å². The van der Waals surface area contributed by atoms with Gasteiger partial charge in [-0.15, -0.1) is 0 Å². The molecular formula is C13H16BrFN2O. The van der Waals surface area contributed by atoms with Gasteiger partial charge in [0.05, 0.1) is 4.47 Å². The van der Waals surface area contributed by atoms with Crippen LogP contribution in [0.25, 0.3) is 0 Å². The van der Waals surface area contributed by atoms with Crippen LogP contribution >= 0.6 is 15.9 Å². The van der Waals surface area contributed by atoms with E-state index in [-0.39, 0.29) is 23.6 Å². The van der Waals surface area contributed by atoms with Gasteiger partial charge in [0, 0.05) is 11.6 Å². The van der Waals surface area contributed by atoms with Crippen LogP contribution in [0.15, 0.2) is 22.7 Å². The van der Waals surface area contributed by atoms with Gasteiger partial charge in [-0.05, 0) is 59.4 Å². The average molecular weight is 315 g/mol. The second-order valence-electron chi connectivity index (χ2n) is 4.65. The molecule has 0 bridgehead atoms. The molecule has 0 radical (unpaired) electrons. The largest absolute Gasteiger partial charge is 0.330 e. The summed E-state index contributed by atoms with van der Waals surface area (Å²) in [5, 5.41) is 2.83. The zero-order valence-corrected chi connectivity index (χ0v) is 11.5. The van der Waals surface area contributed by atoms with E-state index in [2.05, 4.69) is 21.2 Å². The van der Waals surface area contributed by atoms with Gasteiger partial charge in [0.15, 0.2) is 0 Å². The molecule has 1 aromatic rings. The van der Waals surface area contributed by atoms with E-state index in [1.807, 2.05) is 0 Å². The second-order valence-corrected chi connectivity index (χ2v) is 5.51. The number of nitrogens with two attached hydrogens (primary N) is 1. The van der Waals surface area contributed by atoms with Crippen molar-refractivity contribution in [2.45, 2.75) is 19.3 Å². The number of nitrogens with one attached hydrogen (secondary N) is 1. The van der Waals surface area contributed by atoms with E-state index < -0.39 is 0 Å². The number of amides is 1. The maximum atomic E-state index is 13.1. The lowest BCUT2D eigenvalue weighted by Crippen LogP contribution is -2.29. The molecule has 2 atom stereocenters. The maximum Gasteiger partial charge on any atom is 0.227 e. The molecule has 0 aromatic heterocycles. The highest BCUT2D eigenvalue weighted by atomic mass is 79.9. The van der Waals surface area contributed by atoms with Crippen molar-refractivity contribution >= 4 is 27.5 Å². The van der Waals surface area contributed by atoms with E-state index in [1.165, 1.54) is 6.07 Å². The first kappa shape index (κ1) is 13.5. The zero-order chi connectivity index (χ0) is 13.1. The fraction of sp³-hybridized carbons (Fsp3) is 0.462. The van der Waals surface area contributed by atoms with Gasteiger partial charge >= 0.3 is 0 Å². The minimum absolute atomic E-state index is 0.0125. The molecule has 1 saturated carbocycles. The molecule has 1 amide bonds. The Labute approximate surface area is 114 Å². The number of carbonyl (C=O) groups is 1. The molecule has 1 aliphatic rings. The highest BCUT2D eigenvalue weighted by Gasteiger charge is 2.31. The number of anilines is 1. The molecule has 0 aliphatic heterocycles. The number of carbonyl (C=O) groups excluding carboxylic acids is 1. The topological polar surface area (TPSA) is 55.1 Å². The summed E-state index contributed by atoms with van der Waals surface area (Å²) in [4.78, 5) is 12.1. The van der Waals surface area contributed by atoms with Gasteiger partial charge in [0.2, 0.25) is 5.91 Å².